The van der Waals surface area contributed by atoms with Crippen LogP contribution in [0.15, 0.2) is 28.7 Å². The fourth-order valence-electron chi connectivity index (χ4n) is 2.07. The molecule has 3 nitrogen and oxygen atoms in total. The van der Waals surface area contributed by atoms with Gasteiger partial charge in [-0.05, 0) is 34.1 Å². The Kier molecular flexibility index (Phi) is 3.55. The Morgan fingerprint density at radius 3 is 2.33 bits per heavy atom. The summed E-state index contributed by atoms with van der Waals surface area (Å²) in [7, 11) is 0. The average Bonchev–Trinajstić information content (AvgIpc) is 2.66. The molecule has 3 aromatic rings. The number of rotatable bonds is 1. The third kappa shape index (κ3) is 2.37. The first-order chi connectivity index (χ1) is 9.88. The van der Waals surface area contributed by atoms with Gasteiger partial charge in [-0.15, -0.1) is 0 Å². The number of benzene rings is 2. The molecule has 8 heteroatoms. The smallest absolute Gasteiger partial charge is 0.206 e. The highest BCUT2D eigenvalue weighted by Crippen LogP contribution is 2.35. The molecular weight excluding hydrogens is 387 g/mol. The van der Waals surface area contributed by atoms with Gasteiger partial charge in [0.1, 0.15) is 11.6 Å². The molecule has 0 aliphatic carbocycles. The van der Waals surface area contributed by atoms with Crippen molar-refractivity contribution in [1.29, 1.82) is 0 Å². The molecule has 0 aliphatic rings. The van der Waals surface area contributed by atoms with Crippen LogP contribution < -0.4 is 5.73 Å². The van der Waals surface area contributed by atoms with Crippen molar-refractivity contribution >= 4 is 56.1 Å². The molecule has 0 spiro atoms. The van der Waals surface area contributed by atoms with Crippen LogP contribution in [0.5, 0.6) is 0 Å². The van der Waals surface area contributed by atoms with Gasteiger partial charge in [-0.1, -0.05) is 23.2 Å². The van der Waals surface area contributed by atoms with Crippen LogP contribution in [0.25, 0.3) is 16.7 Å². The van der Waals surface area contributed by atoms with Crippen molar-refractivity contribution in [2.75, 3.05) is 5.73 Å². The molecule has 2 N–H and O–H groups in total. The largest absolute Gasteiger partial charge is 0.369 e. The second kappa shape index (κ2) is 5.12. The van der Waals surface area contributed by atoms with Crippen molar-refractivity contribution in [3.05, 3.63) is 50.4 Å². The summed E-state index contributed by atoms with van der Waals surface area (Å²) in [5.74, 6) is -0.967. The van der Waals surface area contributed by atoms with Crippen molar-refractivity contribution in [2.24, 2.45) is 0 Å². The predicted octanol–water partition coefficient (Wildman–Crippen LogP) is 4.96. The van der Waals surface area contributed by atoms with Gasteiger partial charge in [-0.25, -0.2) is 13.8 Å². The van der Waals surface area contributed by atoms with Gasteiger partial charge in [-0.3, -0.25) is 4.57 Å². The van der Waals surface area contributed by atoms with Gasteiger partial charge in [0.25, 0.3) is 0 Å². The number of hydrogen-bond acceptors (Lipinski definition) is 2. The van der Waals surface area contributed by atoms with Crippen molar-refractivity contribution in [3.8, 4) is 5.69 Å². The summed E-state index contributed by atoms with van der Waals surface area (Å²) in [4.78, 5) is 4.06. The molecule has 0 amide bonds. The van der Waals surface area contributed by atoms with Crippen molar-refractivity contribution in [1.82, 2.24) is 9.55 Å². The molecule has 0 atom stereocenters. The minimum Gasteiger partial charge on any atom is -0.369 e. The number of nitrogens with two attached hydrogens (primary N) is 1. The Hall–Kier alpha value is -1.37. The van der Waals surface area contributed by atoms with Crippen LogP contribution in [0.1, 0.15) is 0 Å². The van der Waals surface area contributed by atoms with Gasteiger partial charge in [-0.2, -0.15) is 0 Å². The molecule has 0 saturated heterocycles. The van der Waals surface area contributed by atoms with Crippen LogP contribution in [-0.2, 0) is 0 Å². The highest BCUT2D eigenvalue weighted by atomic mass is 79.9. The average molecular weight is 393 g/mol. The molecule has 0 saturated carbocycles. The number of anilines is 1. The zero-order chi connectivity index (χ0) is 15.3. The molecule has 0 fully saturated rings. The number of imidazole rings is 1. The number of aromatic nitrogens is 2. The van der Waals surface area contributed by atoms with Gasteiger partial charge in [0, 0.05) is 6.07 Å². The summed E-state index contributed by atoms with van der Waals surface area (Å²) in [5, 5.41) is 0.151. The minimum absolute atomic E-state index is 0.0675. The Balaban J connectivity index is 2.41. The van der Waals surface area contributed by atoms with Crippen LogP contribution >= 0.6 is 39.1 Å². The quantitative estimate of drug-likeness (QED) is 0.636. The normalized spacial score (nSPS) is 11.3. The number of nitrogen functional groups attached to an aromatic ring is 1. The Morgan fingerprint density at radius 1 is 1.10 bits per heavy atom. The highest BCUT2D eigenvalue weighted by Gasteiger charge is 2.18. The number of halogens is 5. The minimum atomic E-state index is -0.566. The van der Waals surface area contributed by atoms with E-state index in [2.05, 4.69) is 20.9 Å². The summed E-state index contributed by atoms with van der Waals surface area (Å²) >= 11 is 15.2. The maximum atomic E-state index is 13.6. The summed E-state index contributed by atoms with van der Waals surface area (Å²) in [5.41, 5.74) is 6.99. The molecule has 2 aromatic carbocycles. The van der Waals surface area contributed by atoms with Gasteiger partial charge < -0.3 is 5.73 Å². The molecule has 3 rings (SSSR count). The monoisotopic (exact) mass is 391 g/mol. The maximum Gasteiger partial charge on any atom is 0.206 e. The SMILES string of the molecule is Nc1nc2cc(F)c(Br)cc2n1-c1c(Cl)cc(F)cc1Cl. The van der Waals surface area contributed by atoms with Crippen LogP contribution in [-0.4, -0.2) is 9.55 Å². The molecule has 0 radical (unpaired) electrons. The summed E-state index contributed by atoms with van der Waals surface area (Å²) < 4.78 is 28.6. The van der Waals surface area contributed by atoms with E-state index in [-0.39, 0.29) is 20.5 Å². The van der Waals surface area contributed by atoms with E-state index in [1.54, 1.807) is 0 Å². The van der Waals surface area contributed by atoms with E-state index < -0.39 is 11.6 Å². The lowest BCUT2D eigenvalue weighted by Gasteiger charge is -2.11. The fourth-order valence-corrected chi connectivity index (χ4v) is 3.04. The lowest BCUT2D eigenvalue weighted by Crippen LogP contribution is -2.02. The van der Waals surface area contributed by atoms with E-state index in [1.807, 2.05) is 0 Å². The fraction of sp³-hybridized carbons (Fsp3) is 0. The van der Waals surface area contributed by atoms with Gasteiger partial charge >= 0.3 is 0 Å². The van der Waals surface area contributed by atoms with E-state index in [0.29, 0.717) is 16.7 Å². The van der Waals surface area contributed by atoms with Gasteiger partial charge in [0.15, 0.2) is 0 Å². The highest BCUT2D eigenvalue weighted by molar-refractivity contribution is 9.10. The third-order valence-corrected chi connectivity index (χ3v) is 4.11. The zero-order valence-electron chi connectivity index (χ0n) is 10.2. The van der Waals surface area contributed by atoms with Crippen LogP contribution in [0.4, 0.5) is 14.7 Å². The summed E-state index contributed by atoms with van der Waals surface area (Å²) in [6.07, 6.45) is 0. The van der Waals surface area contributed by atoms with E-state index in [1.165, 1.54) is 16.7 Å². The molecule has 108 valence electrons. The molecule has 21 heavy (non-hydrogen) atoms. The molecule has 1 heterocycles. The van der Waals surface area contributed by atoms with Gasteiger partial charge in [0.2, 0.25) is 5.95 Å². The Morgan fingerprint density at radius 2 is 1.71 bits per heavy atom. The maximum absolute atomic E-state index is 13.6. The first-order valence-electron chi connectivity index (χ1n) is 5.66. The molecule has 0 aliphatic heterocycles. The van der Waals surface area contributed by atoms with Gasteiger partial charge in [0.05, 0.1) is 31.2 Å². The van der Waals surface area contributed by atoms with Crippen molar-refractivity contribution < 1.29 is 8.78 Å². The van der Waals surface area contributed by atoms with Crippen LogP contribution in [0.2, 0.25) is 10.0 Å². The molecule has 0 bridgehead atoms. The lowest BCUT2D eigenvalue weighted by atomic mass is 10.2. The van der Waals surface area contributed by atoms with E-state index in [0.717, 1.165) is 12.1 Å². The Bertz CT molecular complexity index is 856. The van der Waals surface area contributed by atoms with E-state index >= 15 is 0 Å². The van der Waals surface area contributed by atoms with Crippen molar-refractivity contribution in [2.45, 2.75) is 0 Å². The first-order valence-corrected chi connectivity index (χ1v) is 7.21. The predicted molar refractivity (Wildman–Crippen MR) is 83.1 cm³/mol. The van der Waals surface area contributed by atoms with E-state index in [9.17, 15) is 8.78 Å². The third-order valence-electron chi connectivity index (χ3n) is 2.93. The van der Waals surface area contributed by atoms with E-state index in [4.69, 9.17) is 28.9 Å². The van der Waals surface area contributed by atoms with Crippen LogP contribution in [0.3, 0.4) is 0 Å². The molecule has 0 unspecified atom stereocenters. The zero-order valence-corrected chi connectivity index (χ0v) is 13.3. The standard InChI is InChI=1S/C13H6BrCl2F2N3/c14-6-3-11-10(4-9(6)18)20-13(19)21(11)12-7(15)1-5(17)2-8(12)16/h1-4H,(H2,19,20). The topological polar surface area (TPSA) is 43.8 Å². The second-order valence-corrected chi connectivity index (χ2v) is 5.95. The number of nitrogens with zero attached hydrogens (tertiary/aromatic N) is 2. The Labute approximate surface area is 136 Å². The number of fused-ring (bicyclic) bond motifs is 1. The number of hydrogen-bond donors (Lipinski definition) is 1. The lowest BCUT2D eigenvalue weighted by molar-refractivity contribution is 0.623. The second-order valence-electron chi connectivity index (χ2n) is 4.28. The van der Waals surface area contributed by atoms with Crippen molar-refractivity contribution in [3.63, 3.8) is 0 Å². The molecular formula is C13H6BrCl2F2N3. The first kappa shape index (κ1) is 14.6. The van der Waals surface area contributed by atoms with Crippen LogP contribution in [0, 0.1) is 11.6 Å². The summed E-state index contributed by atoms with van der Waals surface area (Å²) in [6.45, 7) is 0. The molecule has 1 aromatic heterocycles. The summed E-state index contributed by atoms with van der Waals surface area (Å²) in [6, 6.07) is 4.97.